The summed E-state index contributed by atoms with van der Waals surface area (Å²) in [5, 5.41) is 1.96. The van der Waals surface area contributed by atoms with Crippen LogP contribution in [0.5, 0.6) is 11.5 Å². The van der Waals surface area contributed by atoms with Crippen molar-refractivity contribution in [2.45, 2.75) is 12.8 Å². The summed E-state index contributed by atoms with van der Waals surface area (Å²) in [6, 6.07) is 6.10. The van der Waals surface area contributed by atoms with E-state index in [-0.39, 0.29) is 22.1 Å². The van der Waals surface area contributed by atoms with Gasteiger partial charge in [0.2, 0.25) is 0 Å². The normalized spacial score (nSPS) is 11.4. The van der Waals surface area contributed by atoms with E-state index in [4.69, 9.17) is 16.3 Å². The Balaban J connectivity index is 2.31. The monoisotopic (exact) mass is 395 g/mol. The zero-order valence-electron chi connectivity index (χ0n) is 13.0. The molecule has 0 heterocycles. The van der Waals surface area contributed by atoms with Gasteiger partial charge < -0.3 is 14.8 Å². The van der Waals surface area contributed by atoms with Gasteiger partial charge in [-0.1, -0.05) is 11.6 Å². The number of halogens is 6. The Kier molecular flexibility index (Phi) is 5.91. The molecule has 1 amide bonds. The molecule has 1 N–H and O–H groups in total. The van der Waals surface area contributed by atoms with Crippen LogP contribution < -0.4 is 14.8 Å². The number of amides is 1. The summed E-state index contributed by atoms with van der Waals surface area (Å²) in [4.78, 5) is 12.2. The molecule has 0 spiro atoms. The van der Waals surface area contributed by atoms with E-state index in [9.17, 15) is 26.7 Å². The highest BCUT2D eigenvalue weighted by atomic mass is 35.5. The van der Waals surface area contributed by atoms with Gasteiger partial charge in [0, 0.05) is 10.6 Å². The van der Waals surface area contributed by atoms with E-state index in [2.05, 4.69) is 10.1 Å². The van der Waals surface area contributed by atoms with Crippen molar-refractivity contribution in [3.63, 3.8) is 0 Å². The van der Waals surface area contributed by atoms with E-state index in [0.717, 1.165) is 31.4 Å². The lowest BCUT2D eigenvalue weighted by Crippen LogP contribution is -2.17. The summed E-state index contributed by atoms with van der Waals surface area (Å²) in [7, 11) is 1.16. The first-order chi connectivity index (χ1) is 12.1. The van der Waals surface area contributed by atoms with Crippen LogP contribution in [0, 0.1) is 0 Å². The number of anilines is 1. The van der Waals surface area contributed by atoms with Crippen molar-refractivity contribution >= 4 is 23.2 Å². The Labute approximate surface area is 149 Å². The summed E-state index contributed by atoms with van der Waals surface area (Å²) in [6.45, 7) is -3.10. The molecule has 0 aliphatic carbocycles. The van der Waals surface area contributed by atoms with Crippen molar-refractivity contribution in [2.75, 3.05) is 12.4 Å². The highest BCUT2D eigenvalue weighted by Crippen LogP contribution is 2.37. The molecule has 0 aliphatic heterocycles. The van der Waals surface area contributed by atoms with E-state index < -0.39 is 29.9 Å². The second-order valence-corrected chi connectivity index (χ2v) is 5.32. The minimum atomic E-state index is -4.74. The minimum Gasteiger partial charge on any atom is -0.493 e. The van der Waals surface area contributed by atoms with Crippen LogP contribution in [-0.4, -0.2) is 19.6 Å². The third kappa shape index (κ3) is 4.75. The van der Waals surface area contributed by atoms with Crippen molar-refractivity contribution in [1.29, 1.82) is 0 Å². The van der Waals surface area contributed by atoms with E-state index in [0.29, 0.717) is 6.07 Å². The molecule has 0 bridgehead atoms. The molecular formula is C16H11ClF5NO3. The quantitative estimate of drug-likeness (QED) is 0.706. The molecule has 0 saturated carbocycles. The van der Waals surface area contributed by atoms with Crippen molar-refractivity contribution in [1.82, 2.24) is 0 Å². The summed E-state index contributed by atoms with van der Waals surface area (Å²) >= 11 is 5.57. The first kappa shape index (κ1) is 19.8. The number of methoxy groups -OCH3 is 1. The van der Waals surface area contributed by atoms with Crippen molar-refractivity contribution in [3.05, 3.63) is 52.5 Å². The summed E-state index contributed by atoms with van der Waals surface area (Å²) in [6.07, 6.45) is -4.74. The number of rotatable bonds is 5. The molecule has 2 rings (SSSR count). The molecule has 26 heavy (non-hydrogen) atoms. The maximum atomic E-state index is 13.1. The molecule has 0 aliphatic rings. The van der Waals surface area contributed by atoms with Crippen LogP contribution in [-0.2, 0) is 6.18 Å². The van der Waals surface area contributed by atoms with Crippen LogP contribution in [0.1, 0.15) is 15.9 Å². The Hall–Kier alpha value is -2.55. The highest BCUT2D eigenvalue weighted by molar-refractivity contribution is 6.30. The largest absolute Gasteiger partial charge is 0.493 e. The number of ether oxygens (including phenoxy) is 2. The maximum absolute atomic E-state index is 13.1. The van der Waals surface area contributed by atoms with Gasteiger partial charge in [-0.25, -0.2) is 0 Å². The van der Waals surface area contributed by atoms with Crippen molar-refractivity contribution in [2.24, 2.45) is 0 Å². The molecule has 0 saturated heterocycles. The molecule has 0 unspecified atom stereocenters. The molecule has 0 radical (unpaired) electrons. The first-order valence-corrected chi connectivity index (χ1v) is 7.30. The SMILES string of the molecule is COc1cc(C(=O)Nc2ccc(Cl)cc2C(F)(F)F)ccc1OC(F)F. The fourth-order valence-electron chi connectivity index (χ4n) is 2.06. The van der Waals surface area contributed by atoms with Gasteiger partial charge in [-0.05, 0) is 36.4 Å². The number of alkyl halides is 5. The standard InChI is InChI=1S/C16H11ClF5NO3/c1-25-13-6-8(2-5-12(13)26-15(18)19)14(24)23-11-4-3-9(17)7-10(11)16(20,21)22/h2-7,15H,1H3,(H,23,24). The Morgan fingerprint density at radius 2 is 1.81 bits per heavy atom. The van der Waals surface area contributed by atoms with Crippen LogP contribution in [0.15, 0.2) is 36.4 Å². The predicted octanol–water partition coefficient (Wildman–Crippen LogP) is 5.22. The van der Waals surface area contributed by atoms with Crippen LogP contribution >= 0.6 is 11.6 Å². The number of nitrogens with one attached hydrogen (secondary N) is 1. The average molecular weight is 396 g/mol. The number of benzene rings is 2. The molecule has 0 aromatic heterocycles. The molecule has 2 aromatic rings. The Morgan fingerprint density at radius 3 is 2.38 bits per heavy atom. The summed E-state index contributed by atoms with van der Waals surface area (Å²) in [5.74, 6) is -1.40. The van der Waals surface area contributed by atoms with Gasteiger partial charge in [0.15, 0.2) is 11.5 Å². The zero-order chi connectivity index (χ0) is 19.5. The van der Waals surface area contributed by atoms with Gasteiger partial charge in [-0.2, -0.15) is 22.0 Å². The van der Waals surface area contributed by atoms with Gasteiger partial charge in [0.1, 0.15) is 0 Å². The van der Waals surface area contributed by atoms with Crippen LogP contribution in [0.2, 0.25) is 5.02 Å². The lowest BCUT2D eigenvalue weighted by molar-refractivity contribution is -0.136. The molecular weight excluding hydrogens is 385 g/mol. The van der Waals surface area contributed by atoms with E-state index in [1.54, 1.807) is 0 Å². The van der Waals surface area contributed by atoms with E-state index >= 15 is 0 Å². The topological polar surface area (TPSA) is 47.6 Å². The predicted molar refractivity (Wildman–Crippen MR) is 84.0 cm³/mol. The van der Waals surface area contributed by atoms with Crippen LogP contribution in [0.3, 0.4) is 0 Å². The fraction of sp³-hybridized carbons (Fsp3) is 0.188. The lowest BCUT2D eigenvalue weighted by Gasteiger charge is -2.15. The zero-order valence-corrected chi connectivity index (χ0v) is 13.8. The molecule has 140 valence electrons. The smallest absolute Gasteiger partial charge is 0.418 e. The van der Waals surface area contributed by atoms with Crippen LogP contribution in [0.4, 0.5) is 27.6 Å². The molecule has 0 atom stereocenters. The van der Waals surface area contributed by atoms with Gasteiger partial charge in [-0.3, -0.25) is 4.79 Å². The number of hydrogen-bond donors (Lipinski definition) is 1. The average Bonchev–Trinajstić information content (AvgIpc) is 2.55. The van der Waals surface area contributed by atoms with Crippen molar-refractivity contribution < 1.29 is 36.2 Å². The van der Waals surface area contributed by atoms with Gasteiger partial charge in [0.25, 0.3) is 5.91 Å². The number of carbonyl (C=O) groups is 1. The van der Waals surface area contributed by atoms with Crippen molar-refractivity contribution in [3.8, 4) is 11.5 Å². The van der Waals surface area contributed by atoms with E-state index in [1.165, 1.54) is 6.07 Å². The van der Waals surface area contributed by atoms with Crippen LogP contribution in [0.25, 0.3) is 0 Å². The highest BCUT2D eigenvalue weighted by Gasteiger charge is 2.34. The van der Waals surface area contributed by atoms with Gasteiger partial charge >= 0.3 is 12.8 Å². The second-order valence-electron chi connectivity index (χ2n) is 4.89. The Bertz CT molecular complexity index is 811. The lowest BCUT2D eigenvalue weighted by atomic mass is 10.1. The minimum absolute atomic E-state index is 0.119. The first-order valence-electron chi connectivity index (χ1n) is 6.92. The molecule has 10 heteroatoms. The molecule has 2 aromatic carbocycles. The fourth-order valence-corrected chi connectivity index (χ4v) is 2.23. The van der Waals surface area contributed by atoms with Gasteiger partial charge in [-0.15, -0.1) is 0 Å². The maximum Gasteiger partial charge on any atom is 0.418 e. The Morgan fingerprint density at radius 1 is 1.12 bits per heavy atom. The van der Waals surface area contributed by atoms with Gasteiger partial charge in [0.05, 0.1) is 18.4 Å². The third-order valence-electron chi connectivity index (χ3n) is 3.18. The second kappa shape index (κ2) is 7.77. The summed E-state index contributed by atoms with van der Waals surface area (Å²) in [5.41, 5.74) is -1.74. The third-order valence-corrected chi connectivity index (χ3v) is 3.41. The summed E-state index contributed by atoms with van der Waals surface area (Å²) < 4.78 is 72.8. The molecule has 4 nitrogen and oxygen atoms in total. The molecule has 0 fully saturated rings. The van der Waals surface area contributed by atoms with E-state index in [1.807, 2.05) is 0 Å². The number of hydrogen-bond acceptors (Lipinski definition) is 3. The number of carbonyl (C=O) groups excluding carboxylic acids is 1.